The fraction of sp³-hybridized carbons (Fsp3) is 0.514. The van der Waals surface area contributed by atoms with Gasteiger partial charge in [0, 0.05) is 35.5 Å². The van der Waals surface area contributed by atoms with Crippen LogP contribution in [0.3, 0.4) is 0 Å². The van der Waals surface area contributed by atoms with Crippen molar-refractivity contribution in [1.29, 1.82) is 0 Å². The molecule has 3 heterocycles. The van der Waals surface area contributed by atoms with Crippen LogP contribution in [0.25, 0.3) is 11.0 Å². The molecule has 0 radical (unpaired) electrons. The molecule has 3 N–H and O–H groups in total. The molecule has 3 aromatic heterocycles. The van der Waals surface area contributed by atoms with Crippen molar-refractivity contribution in [2.75, 3.05) is 6.54 Å². The number of aliphatic hydroxyl groups is 1. The zero-order chi connectivity index (χ0) is 34.9. The molecule has 0 saturated heterocycles. The Hall–Kier alpha value is -3.64. The SMILES string of the molecule is CC(C)[Si](Oc1cnc2[nH]cc(C(O)c3ccc(C4(C(F)(F)F)C=CC(CNC(=O)OC(C)(C)C)=CC4)nc3)c2c1)(C(C)C)C(C)C. The first-order valence-corrected chi connectivity index (χ1v) is 18.2. The second kappa shape index (κ2) is 13.5. The molecule has 2 atom stereocenters. The number of carbonyl (C=O) groups excluding carboxylic acids is 1. The predicted octanol–water partition coefficient (Wildman–Crippen LogP) is 8.81. The van der Waals surface area contributed by atoms with E-state index < -0.39 is 44.1 Å². The maximum atomic E-state index is 14.6. The van der Waals surface area contributed by atoms with E-state index in [0.717, 1.165) is 6.08 Å². The van der Waals surface area contributed by atoms with Crippen LogP contribution < -0.4 is 9.74 Å². The number of aliphatic hydroxyl groups excluding tert-OH is 1. The van der Waals surface area contributed by atoms with Crippen molar-refractivity contribution in [2.45, 2.75) is 109 Å². The van der Waals surface area contributed by atoms with Crippen LogP contribution in [-0.4, -0.2) is 52.8 Å². The van der Waals surface area contributed by atoms with Crippen LogP contribution in [0.2, 0.25) is 16.6 Å². The number of aromatic amines is 1. The summed E-state index contributed by atoms with van der Waals surface area (Å²) in [5, 5.41) is 14.6. The van der Waals surface area contributed by atoms with Gasteiger partial charge < -0.3 is 24.6 Å². The lowest BCUT2D eigenvalue weighted by molar-refractivity contribution is -0.176. The monoisotopic (exact) mass is 672 g/mol. The third-order valence-corrected chi connectivity index (χ3v) is 15.0. The zero-order valence-corrected chi connectivity index (χ0v) is 29.6. The van der Waals surface area contributed by atoms with E-state index in [1.807, 2.05) is 6.07 Å². The molecule has 0 aliphatic heterocycles. The molecule has 8 nitrogen and oxygen atoms in total. The summed E-state index contributed by atoms with van der Waals surface area (Å²) in [5.74, 6) is 0.631. The van der Waals surface area contributed by atoms with Gasteiger partial charge in [-0.25, -0.2) is 9.78 Å². The third kappa shape index (κ3) is 7.43. The van der Waals surface area contributed by atoms with Gasteiger partial charge in [-0.1, -0.05) is 65.8 Å². The molecule has 3 aromatic rings. The van der Waals surface area contributed by atoms with Gasteiger partial charge in [-0.3, -0.25) is 4.98 Å². The second-order valence-electron chi connectivity index (χ2n) is 14.3. The van der Waals surface area contributed by atoms with Gasteiger partial charge in [0.1, 0.15) is 28.5 Å². The van der Waals surface area contributed by atoms with Crippen LogP contribution in [0.1, 0.15) is 91.7 Å². The number of nitrogens with zero attached hydrogens (tertiary/aromatic N) is 2. The lowest BCUT2D eigenvalue weighted by Crippen LogP contribution is -2.50. The van der Waals surface area contributed by atoms with Gasteiger partial charge in [0.15, 0.2) is 0 Å². The second-order valence-corrected chi connectivity index (χ2v) is 19.6. The lowest BCUT2D eigenvalue weighted by Gasteiger charge is -2.42. The van der Waals surface area contributed by atoms with E-state index in [9.17, 15) is 23.1 Å². The number of H-pyrrole nitrogens is 1. The first-order chi connectivity index (χ1) is 21.8. The standard InChI is InChI=1S/C35H47F3N4O4Si/c1-21(2)47(22(3)4,23(5)6)46-26-16-27-28(20-41-31(27)40-19-26)30(43)25-10-11-29(39-18-25)34(35(36,37)38)14-12-24(13-15-34)17-42-32(44)45-33(7,8)9/h10-14,16,18-23,30,43H,15,17H2,1-9H3,(H,40,41)(H,42,44). The van der Waals surface area contributed by atoms with Gasteiger partial charge in [0.05, 0.1) is 11.9 Å². The molecule has 0 spiro atoms. The number of amides is 1. The minimum atomic E-state index is -4.64. The molecule has 256 valence electrons. The largest absolute Gasteiger partial charge is 0.542 e. The maximum Gasteiger partial charge on any atom is 0.407 e. The van der Waals surface area contributed by atoms with Crippen LogP contribution in [0.4, 0.5) is 18.0 Å². The Balaban J connectivity index is 1.57. The average molecular weight is 673 g/mol. The molecule has 0 bridgehead atoms. The Morgan fingerprint density at radius 3 is 2.23 bits per heavy atom. The Kier molecular flexibility index (Phi) is 10.4. The fourth-order valence-corrected chi connectivity index (χ4v) is 11.9. The van der Waals surface area contributed by atoms with E-state index in [2.05, 4.69) is 61.8 Å². The van der Waals surface area contributed by atoms with E-state index in [-0.39, 0.29) is 12.2 Å². The normalized spacial score (nSPS) is 18.2. The highest BCUT2D eigenvalue weighted by atomic mass is 28.4. The molecule has 2 unspecified atom stereocenters. The molecule has 1 aliphatic carbocycles. The van der Waals surface area contributed by atoms with Crippen molar-refractivity contribution >= 4 is 25.4 Å². The summed E-state index contributed by atoms with van der Waals surface area (Å²) in [5.41, 5.74) is -0.231. The number of fused-ring (bicyclic) bond motifs is 1. The van der Waals surface area contributed by atoms with E-state index in [4.69, 9.17) is 9.16 Å². The molecule has 0 aromatic carbocycles. The Bertz CT molecular complexity index is 1600. The van der Waals surface area contributed by atoms with Crippen LogP contribution in [0.15, 0.2) is 60.6 Å². The molecule has 4 rings (SSSR count). The smallest absolute Gasteiger partial charge is 0.407 e. The molecule has 1 aliphatic rings. The summed E-state index contributed by atoms with van der Waals surface area (Å²) in [6.45, 7) is 18.4. The van der Waals surface area contributed by atoms with Crippen molar-refractivity contribution in [2.24, 2.45) is 0 Å². The van der Waals surface area contributed by atoms with Crippen LogP contribution in [0, 0.1) is 0 Å². The number of alkyl carbamates (subject to hydrolysis) is 1. The highest BCUT2D eigenvalue weighted by molar-refractivity contribution is 6.78. The topological polar surface area (TPSA) is 109 Å². The van der Waals surface area contributed by atoms with Crippen molar-refractivity contribution in [3.8, 4) is 5.75 Å². The van der Waals surface area contributed by atoms with E-state index in [1.165, 1.54) is 30.5 Å². The van der Waals surface area contributed by atoms with Crippen LogP contribution in [-0.2, 0) is 10.2 Å². The molecule has 1 amide bonds. The highest BCUT2D eigenvalue weighted by Gasteiger charge is 2.55. The average Bonchev–Trinajstić information content (AvgIpc) is 3.40. The number of allylic oxidation sites excluding steroid dienone is 2. The van der Waals surface area contributed by atoms with E-state index in [1.54, 1.807) is 33.2 Å². The van der Waals surface area contributed by atoms with Crippen molar-refractivity contribution < 1.29 is 32.2 Å². The number of hydrogen-bond donors (Lipinski definition) is 3. The van der Waals surface area contributed by atoms with Crippen molar-refractivity contribution in [1.82, 2.24) is 20.3 Å². The molecule has 47 heavy (non-hydrogen) atoms. The molecule has 0 saturated carbocycles. The summed E-state index contributed by atoms with van der Waals surface area (Å²) in [7, 11) is -2.26. The van der Waals surface area contributed by atoms with Crippen molar-refractivity contribution in [3.63, 3.8) is 0 Å². The van der Waals surface area contributed by atoms with Gasteiger partial charge in [-0.05, 0) is 61.5 Å². The predicted molar refractivity (Wildman–Crippen MR) is 180 cm³/mol. The first-order valence-electron chi connectivity index (χ1n) is 16.0. The number of nitrogens with one attached hydrogen (secondary N) is 2. The molecular weight excluding hydrogens is 625 g/mol. The number of carbonyl (C=O) groups is 1. The van der Waals surface area contributed by atoms with Crippen LogP contribution >= 0.6 is 0 Å². The molecular formula is C35H47F3N4O4Si. The summed E-state index contributed by atoms with van der Waals surface area (Å²) in [6.07, 6.45) is 1.66. The summed E-state index contributed by atoms with van der Waals surface area (Å²) >= 11 is 0. The summed E-state index contributed by atoms with van der Waals surface area (Å²) < 4.78 is 55.8. The number of pyridine rings is 2. The zero-order valence-electron chi connectivity index (χ0n) is 28.6. The third-order valence-electron chi connectivity index (χ3n) is 9.00. The summed E-state index contributed by atoms with van der Waals surface area (Å²) in [4.78, 5) is 23.8. The molecule has 0 fully saturated rings. The number of alkyl halides is 3. The van der Waals surface area contributed by atoms with Gasteiger partial charge >= 0.3 is 12.3 Å². The molecule has 12 heteroatoms. The van der Waals surface area contributed by atoms with Gasteiger partial charge in [-0.15, -0.1) is 0 Å². The van der Waals surface area contributed by atoms with E-state index in [0.29, 0.717) is 50.1 Å². The van der Waals surface area contributed by atoms with Gasteiger partial charge in [-0.2, -0.15) is 13.2 Å². The van der Waals surface area contributed by atoms with Gasteiger partial charge in [0.25, 0.3) is 8.32 Å². The number of ether oxygens (including phenoxy) is 1. The fourth-order valence-electron chi connectivity index (χ4n) is 6.70. The lowest BCUT2D eigenvalue weighted by atomic mass is 9.76. The maximum absolute atomic E-state index is 14.6. The number of aromatic nitrogens is 3. The van der Waals surface area contributed by atoms with Crippen LogP contribution in [0.5, 0.6) is 5.75 Å². The number of hydrogen-bond acceptors (Lipinski definition) is 6. The van der Waals surface area contributed by atoms with Crippen molar-refractivity contribution in [3.05, 3.63) is 77.4 Å². The Morgan fingerprint density at radius 2 is 1.72 bits per heavy atom. The minimum Gasteiger partial charge on any atom is -0.542 e. The Labute approximate surface area is 276 Å². The number of rotatable bonds is 10. The first kappa shape index (κ1) is 36.2. The number of halogens is 3. The van der Waals surface area contributed by atoms with E-state index >= 15 is 0 Å². The Morgan fingerprint density at radius 1 is 1.06 bits per heavy atom. The quantitative estimate of drug-likeness (QED) is 0.186. The van der Waals surface area contributed by atoms with Gasteiger partial charge in [0.2, 0.25) is 0 Å². The summed E-state index contributed by atoms with van der Waals surface area (Å²) in [6, 6.07) is 4.66. The highest BCUT2D eigenvalue weighted by Crippen LogP contribution is 2.47. The minimum absolute atomic E-state index is 0.0275.